The van der Waals surface area contributed by atoms with E-state index < -0.39 is 16.7 Å². The van der Waals surface area contributed by atoms with Crippen LogP contribution in [0.3, 0.4) is 0 Å². The highest BCUT2D eigenvalue weighted by atomic mass is 35.5. The summed E-state index contributed by atoms with van der Waals surface area (Å²) in [5, 5.41) is 8.79. The van der Waals surface area contributed by atoms with Crippen molar-refractivity contribution in [3.63, 3.8) is 0 Å². The zero-order valence-corrected chi connectivity index (χ0v) is 8.18. The molecule has 14 heavy (non-hydrogen) atoms. The minimum atomic E-state index is -1.58. The Labute approximate surface area is 85.3 Å². The van der Waals surface area contributed by atoms with Crippen molar-refractivity contribution in [2.24, 2.45) is 0 Å². The molecular weight excluding hydrogens is 209 g/mol. The molecule has 3 N–H and O–H groups in total. The molecule has 1 aromatic carbocycles. The van der Waals surface area contributed by atoms with Crippen molar-refractivity contribution in [1.82, 2.24) is 0 Å². The number of carboxylic acid groups (broad SMARTS) is 1. The third-order valence-electron chi connectivity index (χ3n) is 1.94. The molecule has 0 amide bonds. The van der Waals surface area contributed by atoms with E-state index in [1.165, 1.54) is 19.1 Å². The van der Waals surface area contributed by atoms with E-state index in [1.807, 2.05) is 0 Å². The van der Waals surface area contributed by atoms with Gasteiger partial charge in [-0.1, -0.05) is 6.07 Å². The molecule has 0 saturated carbocycles. The van der Waals surface area contributed by atoms with Gasteiger partial charge in [0.05, 0.1) is 5.69 Å². The van der Waals surface area contributed by atoms with Crippen molar-refractivity contribution >= 4 is 23.3 Å². The molecule has 5 heteroatoms. The van der Waals surface area contributed by atoms with Gasteiger partial charge in [0.25, 0.3) is 0 Å². The first-order chi connectivity index (χ1) is 6.35. The van der Waals surface area contributed by atoms with E-state index in [0.29, 0.717) is 0 Å². The zero-order valence-electron chi connectivity index (χ0n) is 7.42. The number of carbonyl (C=O) groups is 1. The molecule has 3 nitrogen and oxygen atoms in total. The summed E-state index contributed by atoms with van der Waals surface area (Å²) in [5.41, 5.74) is 5.43. The van der Waals surface area contributed by atoms with E-state index in [2.05, 4.69) is 0 Å². The van der Waals surface area contributed by atoms with Crippen LogP contribution in [0.25, 0.3) is 0 Å². The zero-order chi connectivity index (χ0) is 10.9. The SMILES string of the molecule is CC(Cl)(C(=O)O)c1ccc(F)c(N)c1. The van der Waals surface area contributed by atoms with Crippen LogP contribution in [0.4, 0.5) is 10.1 Å². The highest BCUT2D eigenvalue weighted by Crippen LogP contribution is 2.30. The standard InChI is InChI=1S/C9H9ClFNO2/c1-9(10,8(13)14)5-2-3-6(11)7(12)4-5/h2-4H,12H2,1H3,(H,13,14). The van der Waals surface area contributed by atoms with E-state index in [4.69, 9.17) is 22.4 Å². The largest absolute Gasteiger partial charge is 0.480 e. The van der Waals surface area contributed by atoms with Gasteiger partial charge >= 0.3 is 5.97 Å². The number of nitrogen functional groups attached to an aromatic ring is 1. The van der Waals surface area contributed by atoms with Crippen LogP contribution in [0.5, 0.6) is 0 Å². The Morgan fingerprint density at radius 2 is 2.21 bits per heavy atom. The summed E-state index contributed by atoms with van der Waals surface area (Å²) >= 11 is 5.74. The molecule has 0 bridgehead atoms. The molecule has 0 radical (unpaired) electrons. The lowest BCUT2D eigenvalue weighted by molar-refractivity contribution is -0.139. The molecule has 0 saturated heterocycles. The summed E-state index contributed by atoms with van der Waals surface area (Å²) in [6.07, 6.45) is 0. The second-order valence-corrected chi connectivity index (χ2v) is 3.80. The van der Waals surface area contributed by atoms with Crippen LogP contribution in [0.2, 0.25) is 0 Å². The fraction of sp³-hybridized carbons (Fsp3) is 0.222. The number of benzene rings is 1. The molecule has 0 aromatic heterocycles. The normalized spacial score (nSPS) is 14.8. The summed E-state index contributed by atoms with van der Waals surface area (Å²) in [4.78, 5) is 9.17. The predicted molar refractivity (Wildman–Crippen MR) is 51.7 cm³/mol. The number of rotatable bonds is 2. The van der Waals surface area contributed by atoms with Crippen LogP contribution in [0, 0.1) is 5.82 Å². The van der Waals surface area contributed by atoms with Gasteiger partial charge in [-0.05, 0) is 24.6 Å². The Hall–Kier alpha value is -1.29. The fourth-order valence-corrected chi connectivity index (χ4v) is 1.08. The Morgan fingerprint density at radius 3 is 2.64 bits per heavy atom. The molecule has 1 aromatic rings. The van der Waals surface area contributed by atoms with Crippen molar-refractivity contribution in [3.8, 4) is 0 Å². The Morgan fingerprint density at radius 1 is 1.64 bits per heavy atom. The average Bonchev–Trinajstić information content (AvgIpc) is 2.09. The third-order valence-corrected chi connectivity index (χ3v) is 2.32. The summed E-state index contributed by atoms with van der Waals surface area (Å²) in [7, 11) is 0. The smallest absolute Gasteiger partial charge is 0.329 e. The molecule has 1 rings (SSSR count). The first-order valence-electron chi connectivity index (χ1n) is 3.83. The number of halogens is 2. The highest BCUT2D eigenvalue weighted by Gasteiger charge is 2.32. The molecular formula is C9H9ClFNO2. The van der Waals surface area contributed by atoms with Crippen molar-refractivity contribution in [3.05, 3.63) is 29.6 Å². The first-order valence-corrected chi connectivity index (χ1v) is 4.21. The number of aliphatic carboxylic acids is 1. The van der Waals surface area contributed by atoms with E-state index in [1.54, 1.807) is 0 Å². The number of alkyl halides is 1. The lowest BCUT2D eigenvalue weighted by atomic mass is 10.00. The van der Waals surface area contributed by atoms with Crippen molar-refractivity contribution < 1.29 is 14.3 Å². The summed E-state index contributed by atoms with van der Waals surface area (Å²) in [6, 6.07) is 3.61. The van der Waals surface area contributed by atoms with Gasteiger partial charge in [0.15, 0.2) is 4.87 Å². The molecule has 76 valence electrons. The van der Waals surface area contributed by atoms with Crippen LogP contribution in [-0.2, 0) is 9.67 Å². The predicted octanol–water partition coefficient (Wildman–Crippen LogP) is 1.95. The van der Waals surface area contributed by atoms with E-state index in [-0.39, 0.29) is 11.3 Å². The molecule has 1 unspecified atom stereocenters. The molecule has 0 aliphatic carbocycles. The van der Waals surface area contributed by atoms with Crippen molar-refractivity contribution in [2.45, 2.75) is 11.8 Å². The van der Waals surface area contributed by atoms with Gasteiger partial charge in [-0.3, -0.25) is 0 Å². The minimum Gasteiger partial charge on any atom is -0.480 e. The topological polar surface area (TPSA) is 63.3 Å². The third kappa shape index (κ3) is 1.80. The maximum atomic E-state index is 12.8. The van der Waals surface area contributed by atoms with Crippen LogP contribution < -0.4 is 5.73 Å². The Bertz CT molecular complexity index is 379. The molecule has 0 aliphatic heterocycles. The fourth-order valence-electron chi connectivity index (χ4n) is 0.959. The number of hydrogen-bond acceptors (Lipinski definition) is 2. The second-order valence-electron chi connectivity index (χ2n) is 3.04. The quantitative estimate of drug-likeness (QED) is 0.588. The monoisotopic (exact) mass is 217 g/mol. The number of hydrogen-bond donors (Lipinski definition) is 2. The summed E-state index contributed by atoms with van der Waals surface area (Å²) in [5.74, 6) is -1.79. The van der Waals surface area contributed by atoms with Gasteiger partial charge in [0.1, 0.15) is 5.82 Å². The van der Waals surface area contributed by atoms with Gasteiger partial charge < -0.3 is 10.8 Å². The molecule has 0 heterocycles. The summed E-state index contributed by atoms with van der Waals surface area (Å²) in [6.45, 7) is 1.31. The van der Waals surface area contributed by atoms with Crippen LogP contribution in [-0.4, -0.2) is 11.1 Å². The van der Waals surface area contributed by atoms with Gasteiger partial charge in [-0.15, -0.1) is 11.6 Å². The first kappa shape index (κ1) is 10.8. The maximum Gasteiger partial charge on any atom is 0.329 e. The number of carboxylic acids is 1. The van der Waals surface area contributed by atoms with Gasteiger partial charge in [-0.25, -0.2) is 9.18 Å². The molecule has 0 fully saturated rings. The van der Waals surface area contributed by atoms with Crippen LogP contribution in [0.15, 0.2) is 18.2 Å². The maximum absolute atomic E-state index is 12.8. The lowest BCUT2D eigenvalue weighted by Crippen LogP contribution is -2.25. The van der Waals surface area contributed by atoms with Gasteiger partial charge in [0.2, 0.25) is 0 Å². The highest BCUT2D eigenvalue weighted by molar-refractivity contribution is 6.33. The minimum absolute atomic E-state index is 0.115. The van der Waals surface area contributed by atoms with Gasteiger partial charge in [-0.2, -0.15) is 0 Å². The lowest BCUT2D eigenvalue weighted by Gasteiger charge is -2.17. The number of nitrogens with two attached hydrogens (primary N) is 1. The molecule has 0 aliphatic rings. The van der Waals surface area contributed by atoms with E-state index >= 15 is 0 Å². The second kappa shape index (κ2) is 3.46. The van der Waals surface area contributed by atoms with Crippen LogP contribution in [0.1, 0.15) is 12.5 Å². The molecule has 1 atom stereocenters. The van der Waals surface area contributed by atoms with Crippen molar-refractivity contribution in [2.75, 3.05) is 5.73 Å². The van der Waals surface area contributed by atoms with Crippen LogP contribution >= 0.6 is 11.6 Å². The van der Waals surface area contributed by atoms with Gasteiger partial charge in [0, 0.05) is 0 Å². The average molecular weight is 218 g/mol. The van der Waals surface area contributed by atoms with Crippen molar-refractivity contribution in [1.29, 1.82) is 0 Å². The van der Waals surface area contributed by atoms with E-state index in [0.717, 1.165) is 6.07 Å². The Balaban J connectivity index is 3.21. The Kier molecular flexibility index (Phi) is 2.66. The van der Waals surface area contributed by atoms with E-state index in [9.17, 15) is 9.18 Å². The number of anilines is 1. The summed E-state index contributed by atoms with van der Waals surface area (Å²) < 4.78 is 12.8. The molecule has 0 spiro atoms.